The van der Waals surface area contributed by atoms with Gasteiger partial charge in [-0.05, 0) is 43.1 Å². The Morgan fingerprint density at radius 1 is 1.09 bits per heavy atom. The largest absolute Gasteiger partial charge is 0.378 e. The molecule has 3 aliphatic rings. The van der Waals surface area contributed by atoms with E-state index >= 15 is 0 Å². The first-order chi connectivity index (χ1) is 10.8. The van der Waals surface area contributed by atoms with Gasteiger partial charge in [-0.15, -0.1) is 0 Å². The Bertz CT molecular complexity index is 523. The predicted octanol–water partition coefficient (Wildman–Crippen LogP) is 3.25. The van der Waals surface area contributed by atoms with E-state index < -0.39 is 0 Å². The second-order valence-electron chi connectivity index (χ2n) is 7.13. The van der Waals surface area contributed by atoms with Gasteiger partial charge in [0.25, 0.3) is 0 Å². The van der Waals surface area contributed by atoms with Crippen molar-refractivity contribution in [2.75, 3.05) is 6.61 Å². The van der Waals surface area contributed by atoms with Gasteiger partial charge in [0.1, 0.15) is 0 Å². The van der Waals surface area contributed by atoms with E-state index in [0.29, 0.717) is 24.3 Å². The first-order valence-corrected chi connectivity index (χ1v) is 8.79. The summed E-state index contributed by atoms with van der Waals surface area (Å²) in [6.07, 6.45) is 6.73. The molecular formula is C19H25NO2. The van der Waals surface area contributed by atoms with Gasteiger partial charge in [0.05, 0.1) is 12.5 Å². The van der Waals surface area contributed by atoms with Crippen molar-refractivity contribution in [1.82, 2.24) is 5.32 Å². The highest BCUT2D eigenvalue weighted by Gasteiger charge is 2.53. The molecule has 3 heteroatoms. The Morgan fingerprint density at radius 2 is 1.91 bits per heavy atom. The number of benzene rings is 1. The topological polar surface area (TPSA) is 38.3 Å². The Morgan fingerprint density at radius 3 is 2.68 bits per heavy atom. The molecule has 0 aromatic heterocycles. The third-order valence-corrected chi connectivity index (χ3v) is 5.88. The van der Waals surface area contributed by atoms with E-state index in [4.69, 9.17) is 4.74 Å². The molecule has 4 rings (SSSR count). The lowest BCUT2D eigenvalue weighted by molar-refractivity contribution is -0.126. The van der Waals surface area contributed by atoms with Crippen molar-refractivity contribution in [3.8, 4) is 0 Å². The van der Waals surface area contributed by atoms with Gasteiger partial charge in [-0.1, -0.05) is 36.8 Å². The Balaban J connectivity index is 1.43. The normalized spacial score (nSPS) is 36.6. The molecule has 0 spiro atoms. The monoisotopic (exact) mass is 299 g/mol. The molecule has 2 aliphatic carbocycles. The van der Waals surface area contributed by atoms with E-state index in [9.17, 15) is 4.79 Å². The maximum atomic E-state index is 12.4. The van der Waals surface area contributed by atoms with Gasteiger partial charge in [-0.2, -0.15) is 0 Å². The number of fused-ring (bicyclic) bond motifs is 1. The number of ether oxygens (including phenoxy) is 1. The number of rotatable bonds is 4. The fourth-order valence-corrected chi connectivity index (χ4v) is 4.88. The third-order valence-electron chi connectivity index (χ3n) is 5.88. The second kappa shape index (κ2) is 6.04. The smallest absolute Gasteiger partial charge is 0.222 e. The molecule has 22 heavy (non-hydrogen) atoms. The van der Waals surface area contributed by atoms with Crippen LogP contribution in [0.25, 0.3) is 0 Å². The van der Waals surface area contributed by atoms with Crippen LogP contribution in [0.5, 0.6) is 0 Å². The molecule has 118 valence electrons. The summed E-state index contributed by atoms with van der Waals surface area (Å²) in [4.78, 5) is 12.4. The Kier molecular flexibility index (Phi) is 3.91. The molecule has 5 atom stereocenters. The van der Waals surface area contributed by atoms with E-state index in [1.54, 1.807) is 0 Å². The summed E-state index contributed by atoms with van der Waals surface area (Å²) in [6.45, 7) is 0.818. The first-order valence-electron chi connectivity index (χ1n) is 8.79. The quantitative estimate of drug-likeness (QED) is 0.927. The highest BCUT2D eigenvalue weighted by Crippen LogP contribution is 2.55. The lowest BCUT2D eigenvalue weighted by Gasteiger charge is -2.49. The van der Waals surface area contributed by atoms with Crippen LogP contribution in [0.2, 0.25) is 0 Å². The van der Waals surface area contributed by atoms with Crippen LogP contribution in [0.15, 0.2) is 30.3 Å². The van der Waals surface area contributed by atoms with Gasteiger partial charge in [-0.3, -0.25) is 4.79 Å². The fourth-order valence-electron chi connectivity index (χ4n) is 4.88. The van der Waals surface area contributed by atoms with Crippen molar-refractivity contribution in [3.05, 3.63) is 35.9 Å². The van der Waals surface area contributed by atoms with Gasteiger partial charge in [0.15, 0.2) is 0 Å². The van der Waals surface area contributed by atoms with Crippen LogP contribution in [0.1, 0.15) is 50.0 Å². The van der Waals surface area contributed by atoms with Gasteiger partial charge >= 0.3 is 0 Å². The van der Waals surface area contributed by atoms with Crippen molar-refractivity contribution in [2.45, 2.75) is 56.6 Å². The van der Waals surface area contributed by atoms with Crippen molar-refractivity contribution in [3.63, 3.8) is 0 Å². The number of amides is 1. The van der Waals surface area contributed by atoms with Crippen LogP contribution in [0, 0.1) is 11.8 Å². The van der Waals surface area contributed by atoms with Crippen molar-refractivity contribution in [1.29, 1.82) is 0 Å². The minimum atomic E-state index is 0.148. The van der Waals surface area contributed by atoms with E-state index in [0.717, 1.165) is 25.4 Å². The van der Waals surface area contributed by atoms with Crippen molar-refractivity contribution >= 4 is 5.91 Å². The average molecular weight is 299 g/mol. The molecule has 3 fully saturated rings. The molecule has 1 aromatic rings. The van der Waals surface area contributed by atoms with Crippen LogP contribution in [0.3, 0.4) is 0 Å². The number of carbonyl (C=O) groups is 1. The zero-order valence-corrected chi connectivity index (χ0v) is 13.0. The molecule has 0 bridgehead atoms. The molecule has 2 saturated carbocycles. The molecular weight excluding hydrogens is 274 g/mol. The number of carbonyl (C=O) groups excluding carboxylic acids is 1. The van der Waals surface area contributed by atoms with Crippen LogP contribution < -0.4 is 5.32 Å². The summed E-state index contributed by atoms with van der Waals surface area (Å²) in [5.74, 6) is 2.17. The van der Waals surface area contributed by atoms with E-state index in [1.807, 2.05) is 0 Å². The molecule has 1 aliphatic heterocycles. The van der Waals surface area contributed by atoms with Crippen LogP contribution in [-0.2, 0) is 9.53 Å². The summed E-state index contributed by atoms with van der Waals surface area (Å²) in [6, 6.07) is 11.1. The number of hydrogen-bond donors (Lipinski definition) is 1. The second-order valence-corrected chi connectivity index (χ2v) is 7.13. The summed E-state index contributed by atoms with van der Waals surface area (Å²) in [5, 5.41) is 3.34. The maximum absolute atomic E-state index is 12.4. The summed E-state index contributed by atoms with van der Waals surface area (Å²) >= 11 is 0. The highest BCUT2D eigenvalue weighted by molar-refractivity contribution is 5.77. The standard InChI is InChI=1S/C19H25NO2/c21-17(12-14-8-5-11-22-14)20-19-16-10-4-9-15(16)18(19)13-6-2-1-3-7-13/h1-3,6-7,14-16,18-19H,4-5,8-12H2,(H,20,21)/t14-,15+,16+,18+,19+/m0/s1. The molecule has 1 saturated heterocycles. The SMILES string of the molecule is O=C(C[C@@H]1CCCO1)N[C@@H]1[C@@H]2CCC[C@H]2[C@H]1c1ccccc1. The molecule has 1 aromatic carbocycles. The minimum absolute atomic E-state index is 0.148. The minimum Gasteiger partial charge on any atom is -0.378 e. The Hall–Kier alpha value is -1.35. The zero-order valence-electron chi connectivity index (χ0n) is 13.0. The lowest BCUT2D eigenvalue weighted by Crippen LogP contribution is -2.56. The summed E-state index contributed by atoms with van der Waals surface area (Å²) < 4.78 is 5.59. The van der Waals surface area contributed by atoms with Gasteiger partial charge in [0, 0.05) is 18.6 Å². The first kappa shape index (κ1) is 14.3. The average Bonchev–Trinajstić information content (AvgIpc) is 3.16. The van der Waals surface area contributed by atoms with Crippen LogP contribution in [0.4, 0.5) is 0 Å². The molecule has 1 N–H and O–H groups in total. The third kappa shape index (κ3) is 2.56. The summed E-state index contributed by atoms with van der Waals surface area (Å²) in [7, 11) is 0. The maximum Gasteiger partial charge on any atom is 0.222 e. The fraction of sp³-hybridized carbons (Fsp3) is 0.632. The van der Waals surface area contributed by atoms with Gasteiger partial charge < -0.3 is 10.1 Å². The van der Waals surface area contributed by atoms with Gasteiger partial charge in [0.2, 0.25) is 5.91 Å². The number of nitrogens with one attached hydrogen (secondary N) is 1. The van der Waals surface area contributed by atoms with Crippen LogP contribution >= 0.6 is 0 Å². The Labute approximate surface area is 132 Å². The zero-order chi connectivity index (χ0) is 14.9. The van der Waals surface area contributed by atoms with E-state index in [1.165, 1.54) is 24.8 Å². The van der Waals surface area contributed by atoms with E-state index in [2.05, 4.69) is 35.6 Å². The molecule has 1 heterocycles. The van der Waals surface area contributed by atoms with E-state index in [-0.39, 0.29) is 12.0 Å². The van der Waals surface area contributed by atoms with Gasteiger partial charge in [-0.25, -0.2) is 0 Å². The van der Waals surface area contributed by atoms with Crippen LogP contribution in [-0.4, -0.2) is 24.7 Å². The molecule has 3 nitrogen and oxygen atoms in total. The molecule has 0 unspecified atom stereocenters. The molecule has 1 amide bonds. The molecule has 0 radical (unpaired) electrons. The van der Waals surface area contributed by atoms with Crippen molar-refractivity contribution < 1.29 is 9.53 Å². The van der Waals surface area contributed by atoms with Crippen molar-refractivity contribution in [2.24, 2.45) is 11.8 Å². The lowest BCUT2D eigenvalue weighted by atomic mass is 9.60. The number of hydrogen-bond acceptors (Lipinski definition) is 2. The summed E-state index contributed by atoms with van der Waals surface area (Å²) in [5.41, 5.74) is 1.40. The predicted molar refractivity (Wildman–Crippen MR) is 85.5 cm³/mol. The highest BCUT2D eigenvalue weighted by atomic mass is 16.5.